The molecular weight excluding hydrogens is 411 g/mol. The zero-order valence-corrected chi connectivity index (χ0v) is 15.7. The van der Waals surface area contributed by atoms with Crippen LogP contribution < -0.4 is 5.32 Å². The van der Waals surface area contributed by atoms with Crippen molar-refractivity contribution < 1.29 is 18.0 Å². The maximum atomic E-state index is 14.3. The van der Waals surface area contributed by atoms with Gasteiger partial charge in [0.2, 0.25) is 0 Å². The van der Waals surface area contributed by atoms with Crippen LogP contribution in [0.25, 0.3) is 0 Å². The first-order valence-electron chi connectivity index (χ1n) is 8.09. The summed E-state index contributed by atoms with van der Waals surface area (Å²) in [6.07, 6.45) is 0.568. The van der Waals surface area contributed by atoms with E-state index in [-0.39, 0.29) is 11.6 Å². The number of benzene rings is 1. The Bertz CT molecular complexity index is 835. The first-order chi connectivity index (χ1) is 12.3. The Morgan fingerprint density at radius 2 is 2.08 bits per heavy atom. The minimum atomic E-state index is -2.91. The van der Waals surface area contributed by atoms with E-state index in [1.54, 1.807) is 13.0 Å². The molecular formula is C18H17BrF3N3O. The van der Waals surface area contributed by atoms with Crippen LogP contribution in [0.1, 0.15) is 37.4 Å². The fourth-order valence-corrected chi connectivity index (χ4v) is 3.49. The lowest BCUT2D eigenvalue weighted by molar-refractivity contribution is -0.117. The number of rotatable bonds is 4. The standard InChI is InChI=1S/C18H17BrF3N3O/c1-9-7-25-8-11(19)6-14(17(25)23-9)18(26)24-10(2)12-4-3-5-13(15(12)20)16(21)22/h3-6,8-10,16H,7H2,1-2H3,(H,24,26)/t9-,10+/m0/s1. The molecule has 2 aliphatic heterocycles. The van der Waals surface area contributed by atoms with Gasteiger partial charge < -0.3 is 10.2 Å². The Morgan fingerprint density at radius 3 is 2.77 bits per heavy atom. The predicted octanol–water partition coefficient (Wildman–Crippen LogP) is 4.22. The van der Waals surface area contributed by atoms with Crippen LogP contribution in [0.2, 0.25) is 0 Å². The number of fused-ring (bicyclic) bond motifs is 1. The molecule has 8 heteroatoms. The number of hydrogen-bond donors (Lipinski definition) is 1. The molecule has 1 aromatic carbocycles. The summed E-state index contributed by atoms with van der Waals surface area (Å²) >= 11 is 3.37. The van der Waals surface area contributed by atoms with Gasteiger partial charge in [0.05, 0.1) is 23.2 Å². The lowest BCUT2D eigenvalue weighted by atomic mass is 10.0. The summed E-state index contributed by atoms with van der Waals surface area (Å²) in [5, 5.41) is 2.67. The van der Waals surface area contributed by atoms with Gasteiger partial charge in [0.15, 0.2) is 0 Å². The van der Waals surface area contributed by atoms with E-state index < -0.39 is 29.8 Å². The van der Waals surface area contributed by atoms with Crippen LogP contribution in [0.4, 0.5) is 13.2 Å². The van der Waals surface area contributed by atoms with Gasteiger partial charge in [-0.05, 0) is 35.9 Å². The number of aliphatic imine (C=N–C) groups is 1. The lowest BCUT2D eigenvalue weighted by Crippen LogP contribution is -2.36. The topological polar surface area (TPSA) is 44.7 Å². The summed E-state index contributed by atoms with van der Waals surface area (Å²) in [7, 11) is 0. The number of nitrogens with one attached hydrogen (secondary N) is 1. The van der Waals surface area contributed by atoms with Crippen LogP contribution in [0, 0.1) is 5.82 Å². The highest BCUT2D eigenvalue weighted by atomic mass is 79.9. The van der Waals surface area contributed by atoms with Gasteiger partial charge >= 0.3 is 0 Å². The van der Waals surface area contributed by atoms with Crippen LogP contribution in [-0.2, 0) is 4.79 Å². The van der Waals surface area contributed by atoms with E-state index >= 15 is 0 Å². The molecule has 3 rings (SSSR count). The fourth-order valence-electron chi connectivity index (χ4n) is 3.01. The molecule has 26 heavy (non-hydrogen) atoms. The molecule has 0 radical (unpaired) electrons. The van der Waals surface area contributed by atoms with E-state index in [1.807, 2.05) is 18.0 Å². The first kappa shape index (κ1) is 18.7. The Morgan fingerprint density at radius 1 is 1.38 bits per heavy atom. The number of allylic oxidation sites excluding steroid dienone is 2. The molecule has 0 saturated heterocycles. The van der Waals surface area contributed by atoms with E-state index in [9.17, 15) is 18.0 Å². The van der Waals surface area contributed by atoms with Crippen LogP contribution in [0.3, 0.4) is 0 Å². The number of halogens is 4. The zero-order valence-electron chi connectivity index (χ0n) is 14.1. The van der Waals surface area contributed by atoms with E-state index in [1.165, 1.54) is 12.1 Å². The quantitative estimate of drug-likeness (QED) is 0.781. The second-order valence-corrected chi connectivity index (χ2v) is 7.19. The van der Waals surface area contributed by atoms with Gasteiger partial charge in [-0.15, -0.1) is 0 Å². The van der Waals surface area contributed by atoms with Crippen molar-refractivity contribution in [2.24, 2.45) is 4.99 Å². The smallest absolute Gasteiger partial charge is 0.266 e. The van der Waals surface area contributed by atoms with Crippen LogP contribution in [0.5, 0.6) is 0 Å². The highest BCUT2D eigenvalue weighted by Gasteiger charge is 2.31. The summed E-state index contributed by atoms with van der Waals surface area (Å²) in [6, 6.07) is 3.05. The number of amides is 1. The van der Waals surface area contributed by atoms with Crippen molar-refractivity contribution in [2.75, 3.05) is 6.54 Å². The summed E-state index contributed by atoms with van der Waals surface area (Å²) in [4.78, 5) is 19.0. The van der Waals surface area contributed by atoms with Crippen molar-refractivity contribution in [3.05, 3.63) is 57.5 Å². The second-order valence-electron chi connectivity index (χ2n) is 6.27. The summed E-state index contributed by atoms with van der Waals surface area (Å²) in [5.41, 5.74) is -0.312. The molecule has 1 N–H and O–H groups in total. The number of carbonyl (C=O) groups excluding carboxylic acids is 1. The Hall–Kier alpha value is -2.09. The van der Waals surface area contributed by atoms with Crippen molar-refractivity contribution in [2.45, 2.75) is 32.4 Å². The minimum absolute atomic E-state index is 0.0146. The molecule has 2 aliphatic rings. The van der Waals surface area contributed by atoms with Gasteiger partial charge in [0, 0.05) is 22.8 Å². The highest BCUT2D eigenvalue weighted by molar-refractivity contribution is 9.11. The number of nitrogens with zero attached hydrogens (tertiary/aromatic N) is 2. The Kier molecular flexibility index (Phi) is 5.22. The third-order valence-electron chi connectivity index (χ3n) is 4.23. The number of carbonyl (C=O) groups is 1. The molecule has 1 amide bonds. The van der Waals surface area contributed by atoms with Crippen molar-refractivity contribution >= 4 is 27.7 Å². The molecule has 0 aromatic heterocycles. The predicted molar refractivity (Wildman–Crippen MR) is 96.6 cm³/mol. The maximum Gasteiger partial charge on any atom is 0.266 e. The molecule has 0 spiro atoms. The lowest BCUT2D eigenvalue weighted by Gasteiger charge is -2.23. The highest BCUT2D eigenvalue weighted by Crippen LogP contribution is 2.29. The molecule has 0 aliphatic carbocycles. The van der Waals surface area contributed by atoms with E-state index in [4.69, 9.17) is 0 Å². The van der Waals surface area contributed by atoms with Gasteiger partial charge in [0.25, 0.3) is 12.3 Å². The number of amidine groups is 1. The molecule has 138 valence electrons. The molecule has 2 atom stereocenters. The van der Waals surface area contributed by atoms with Crippen LogP contribution in [-0.4, -0.2) is 29.2 Å². The van der Waals surface area contributed by atoms with Crippen molar-refractivity contribution in [1.29, 1.82) is 0 Å². The molecule has 4 nitrogen and oxygen atoms in total. The maximum absolute atomic E-state index is 14.3. The van der Waals surface area contributed by atoms with Crippen LogP contribution >= 0.6 is 15.9 Å². The third kappa shape index (κ3) is 3.56. The van der Waals surface area contributed by atoms with Crippen molar-refractivity contribution in [1.82, 2.24) is 10.2 Å². The van der Waals surface area contributed by atoms with Gasteiger partial charge in [-0.2, -0.15) is 0 Å². The van der Waals surface area contributed by atoms with Gasteiger partial charge in [0.1, 0.15) is 11.7 Å². The van der Waals surface area contributed by atoms with Crippen molar-refractivity contribution in [3.63, 3.8) is 0 Å². The second kappa shape index (κ2) is 7.26. The Balaban J connectivity index is 1.83. The normalized spacial score (nSPS) is 20.3. The molecule has 2 heterocycles. The summed E-state index contributed by atoms with van der Waals surface area (Å²) < 4.78 is 40.8. The third-order valence-corrected chi connectivity index (χ3v) is 4.66. The van der Waals surface area contributed by atoms with Crippen molar-refractivity contribution in [3.8, 4) is 0 Å². The average Bonchev–Trinajstić information content (AvgIpc) is 2.93. The largest absolute Gasteiger partial charge is 0.345 e. The first-order valence-corrected chi connectivity index (χ1v) is 8.88. The molecule has 0 fully saturated rings. The van der Waals surface area contributed by atoms with E-state index in [0.29, 0.717) is 22.4 Å². The zero-order chi connectivity index (χ0) is 19.0. The Labute approximate surface area is 157 Å². The fraction of sp³-hybridized carbons (Fsp3) is 0.333. The molecule has 1 aromatic rings. The number of alkyl halides is 2. The van der Waals surface area contributed by atoms with Gasteiger partial charge in [-0.3, -0.25) is 9.79 Å². The number of hydrogen-bond acceptors (Lipinski definition) is 3. The van der Waals surface area contributed by atoms with E-state index in [0.717, 1.165) is 6.07 Å². The van der Waals surface area contributed by atoms with Gasteiger partial charge in [-0.1, -0.05) is 18.2 Å². The average molecular weight is 428 g/mol. The monoisotopic (exact) mass is 427 g/mol. The molecule has 0 saturated carbocycles. The summed E-state index contributed by atoms with van der Waals surface area (Å²) in [6.45, 7) is 4.16. The van der Waals surface area contributed by atoms with Gasteiger partial charge in [-0.25, -0.2) is 13.2 Å². The SMILES string of the molecule is C[C@H]1CN2C=C(Br)C=C(C(=O)N[C@H](C)c3cccc(C(F)F)c3F)C2=N1. The molecule has 0 unspecified atom stereocenters. The van der Waals surface area contributed by atoms with Crippen LogP contribution in [0.15, 0.2) is 45.5 Å². The molecule has 0 bridgehead atoms. The minimum Gasteiger partial charge on any atom is -0.345 e. The summed E-state index contributed by atoms with van der Waals surface area (Å²) in [5.74, 6) is -0.892. The van der Waals surface area contributed by atoms with E-state index in [2.05, 4.69) is 26.2 Å².